The third kappa shape index (κ3) is 3.47. The Bertz CT molecular complexity index is 353. The van der Waals surface area contributed by atoms with Gasteiger partial charge in [0.15, 0.2) is 0 Å². The van der Waals surface area contributed by atoms with Gasteiger partial charge in [0.05, 0.1) is 10.8 Å². The van der Waals surface area contributed by atoms with E-state index in [2.05, 4.69) is 30.6 Å². The number of hydrogen-bond acceptors (Lipinski definition) is 4. The molecule has 1 aliphatic rings. The second-order valence-electron chi connectivity index (χ2n) is 4.61. The minimum atomic E-state index is 0.419. The summed E-state index contributed by atoms with van der Waals surface area (Å²) in [5.41, 5.74) is 1.49. The smallest absolute Gasteiger partial charge is 0.0649 e. The molecule has 96 valence electrons. The molecular formula is C13H21NOS2. The molecule has 2 unspecified atom stereocenters. The summed E-state index contributed by atoms with van der Waals surface area (Å²) in [6.45, 7) is 8.16. The van der Waals surface area contributed by atoms with Gasteiger partial charge in [0, 0.05) is 23.9 Å². The third-order valence-electron chi connectivity index (χ3n) is 2.97. The maximum Gasteiger partial charge on any atom is 0.0649 e. The van der Waals surface area contributed by atoms with Crippen LogP contribution in [0.1, 0.15) is 38.8 Å². The van der Waals surface area contributed by atoms with Crippen LogP contribution in [0.4, 0.5) is 0 Å². The Balaban J connectivity index is 1.97. The van der Waals surface area contributed by atoms with Crippen LogP contribution >= 0.6 is 23.1 Å². The zero-order chi connectivity index (χ0) is 12.3. The van der Waals surface area contributed by atoms with Crippen molar-refractivity contribution in [3.8, 4) is 0 Å². The normalized spacial score (nSPS) is 25.6. The first-order valence-electron chi connectivity index (χ1n) is 6.28. The Morgan fingerprint density at radius 3 is 3.18 bits per heavy atom. The Morgan fingerprint density at radius 2 is 2.41 bits per heavy atom. The van der Waals surface area contributed by atoms with Gasteiger partial charge in [-0.3, -0.25) is 0 Å². The van der Waals surface area contributed by atoms with E-state index in [0.717, 1.165) is 13.2 Å². The fourth-order valence-corrected chi connectivity index (χ4v) is 4.76. The van der Waals surface area contributed by atoms with E-state index in [9.17, 15) is 0 Å². The van der Waals surface area contributed by atoms with Crippen LogP contribution < -0.4 is 5.32 Å². The number of thiophene rings is 1. The third-order valence-corrected chi connectivity index (χ3v) is 5.31. The largest absolute Gasteiger partial charge is 0.380 e. The number of hydrogen-bond donors (Lipinski definition) is 1. The highest BCUT2D eigenvalue weighted by atomic mass is 32.2. The van der Waals surface area contributed by atoms with Gasteiger partial charge in [0.2, 0.25) is 0 Å². The summed E-state index contributed by atoms with van der Waals surface area (Å²) >= 11 is 3.88. The van der Waals surface area contributed by atoms with E-state index in [1.807, 2.05) is 30.0 Å². The lowest BCUT2D eigenvalue weighted by Crippen LogP contribution is -2.36. The Morgan fingerprint density at radius 1 is 1.59 bits per heavy atom. The van der Waals surface area contributed by atoms with E-state index in [-0.39, 0.29) is 0 Å². The molecule has 2 heterocycles. The van der Waals surface area contributed by atoms with Crippen LogP contribution in [0, 0.1) is 0 Å². The topological polar surface area (TPSA) is 21.3 Å². The molecule has 2 rings (SSSR count). The van der Waals surface area contributed by atoms with Crippen LogP contribution in [0.25, 0.3) is 0 Å². The Labute approximate surface area is 112 Å². The zero-order valence-electron chi connectivity index (χ0n) is 10.7. The first kappa shape index (κ1) is 13.4. The van der Waals surface area contributed by atoms with E-state index in [1.165, 1.54) is 16.2 Å². The van der Waals surface area contributed by atoms with Crippen LogP contribution in [-0.2, 0) is 4.74 Å². The highest BCUT2D eigenvalue weighted by molar-refractivity contribution is 8.01. The maximum absolute atomic E-state index is 5.47. The van der Waals surface area contributed by atoms with Crippen molar-refractivity contribution < 1.29 is 4.74 Å². The van der Waals surface area contributed by atoms with Gasteiger partial charge in [-0.25, -0.2) is 0 Å². The molecule has 3 atom stereocenters. The molecule has 1 aromatic rings. The minimum Gasteiger partial charge on any atom is -0.380 e. The van der Waals surface area contributed by atoms with Gasteiger partial charge in [-0.2, -0.15) is 0 Å². The zero-order valence-corrected chi connectivity index (χ0v) is 12.4. The lowest BCUT2D eigenvalue weighted by Gasteiger charge is -2.30. The quantitative estimate of drug-likeness (QED) is 0.882. The molecule has 0 saturated heterocycles. The lowest BCUT2D eigenvalue weighted by molar-refractivity contribution is 0.122. The summed E-state index contributed by atoms with van der Waals surface area (Å²) < 4.78 is 6.96. The van der Waals surface area contributed by atoms with Crippen molar-refractivity contribution in [1.29, 1.82) is 0 Å². The Kier molecular flexibility index (Phi) is 4.91. The lowest BCUT2D eigenvalue weighted by atomic mass is 10.0. The van der Waals surface area contributed by atoms with E-state index in [1.54, 1.807) is 0 Å². The average Bonchev–Trinajstić information content (AvgIpc) is 2.74. The molecule has 0 aliphatic carbocycles. The van der Waals surface area contributed by atoms with E-state index in [0.29, 0.717) is 17.3 Å². The Hall–Kier alpha value is -0.0300. The number of nitrogens with one attached hydrogen (secondary N) is 1. The summed E-state index contributed by atoms with van der Waals surface area (Å²) in [4.78, 5) is 0. The number of thioether (sulfide) groups is 1. The highest BCUT2D eigenvalue weighted by Gasteiger charge is 2.26. The van der Waals surface area contributed by atoms with Crippen LogP contribution in [0.3, 0.4) is 0 Å². The van der Waals surface area contributed by atoms with Crippen molar-refractivity contribution in [2.75, 3.05) is 13.2 Å². The number of fused-ring (bicyclic) bond motifs is 1. The molecule has 4 heteroatoms. The summed E-state index contributed by atoms with van der Waals surface area (Å²) in [6, 6.07) is 3.19. The molecule has 0 bridgehead atoms. The molecule has 1 aromatic heterocycles. The average molecular weight is 271 g/mol. The molecular weight excluding hydrogens is 250 g/mol. The molecule has 0 saturated carbocycles. The van der Waals surface area contributed by atoms with Gasteiger partial charge < -0.3 is 10.1 Å². The van der Waals surface area contributed by atoms with E-state index >= 15 is 0 Å². The van der Waals surface area contributed by atoms with Crippen LogP contribution in [0.2, 0.25) is 0 Å². The van der Waals surface area contributed by atoms with E-state index < -0.39 is 0 Å². The number of ether oxygens (including phenoxy) is 1. The summed E-state index contributed by atoms with van der Waals surface area (Å²) in [7, 11) is 0. The molecule has 2 nitrogen and oxygen atoms in total. The highest BCUT2D eigenvalue weighted by Crippen LogP contribution is 2.43. The van der Waals surface area contributed by atoms with Crippen molar-refractivity contribution in [2.45, 2.75) is 48.7 Å². The molecule has 0 fully saturated rings. The maximum atomic E-state index is 5.47. The monoisotopic (exact) mass is 271 g/mol. The molecule has 17 heavy (non-hydrogen) atoms. The van der Waals surface area contributed by atoms with Crippen molar-refractivity contribution in [3.05, 3.63) is 17.0 Å². The molecule has 0 aromatic carbocycles. The van der Waals surface area contributed by atoms with Crippen LogP contribution in [0.5, 0.6) is 0 Å². The van der Waals surface area contributed by atoms with Crippen LogP contribution in [0.15, 0.2) is 15.7 Å². The fourth-order valence-electron chi connectivity index (χ4n) is 2.19. The minimum absolute atomic E-state index is 0.419. The SMILES string of the molecule is CCOCC(C)NC1C[C@H](C)Sc2sccc21. The molecule has 1 N–H and O–H groups in total. The van der Waals surface area contributed by atoms with E-state index in [4.69, 9.17) is 4.74 Å². The van der Waals surface area contributed by atoms with Crippen molar-refractivity contribution in [1.82, 2.24) is 5.32 Å². The van der Waals surface area contributed by atoms with Gasteiger partial charge in [-0.1, -0.05) is 6.92 Å². The van der Waals surface area contributed by atoms with Gasteiger partial charge in [0.25, 0.3) is 0 Å². The summed E-state index contributed by atoms with van der Waals surface area (Å²) in [5, 5.41) is 6.61. The first-order chi connectivity index (χ1) is 8.20. The van der Waals surface area contributed by atoms with Gasteiger partial charge in [-0.05, 0) is 37.3 Å². The molecule has 0 radical (unpaired) electrons. The number of rotatable bonds is 5. The van der Waals surface area contributed by atoms with Gasteiger partial charge in [0.1, 0.15) is 0 Å². The van der Waals surface area contributed by atoms with Crippen molar-refractivity contribution >= 4 is 23.1 Å². The van der Waals surface area contributed by atoms with Crippen LogP contribution in [-0.4, -0.2) is 24.5 Å². The fraction of sp³-hybridized carbons (Fsp3) is 0.692. The second-order valence-corrected chi connectivity index (χ2v) is 7.23. The summed E-state index contributed by atoms with van der Waals surface area (Å²) in [5.74, 6) is 0. The van der Waals surface area contributed by atoms with Crippen molar-refractivity contribution in [2.24, 2.45) is 0 Å². The van der Waals surface area contributed by atoms with Gasteiger partial charge >= 0.3 is 0 Å². The predicted octanol–water partition coefficient (Wildman–Crippen LogP) is 3.69. The standard InChI is InChI=1S/C13H21NOS2/c1-4-15-8-9(2)14-12-7-10(3)17-13-11(12)5-6-16-13/h5-6,9-10,12,14H,4,7-8H2,1-3H3/t9?,10-,12?/m0/s1. The predicted molar refractivity (Wildman–Crippen MR) is 76.1 cm³/mol. The molecule has 0 spiro atoms. The van der Waals surface area contributed by atoms with Gasteiger partial charge in [-0.15, -0.1) is 23.1 Å². The molecule has 0 amide bonds. The second kappa shape index (κ2) is 6.23. The summed E-state index contributed by atoms with van der Waals surface area (Å²) in [6.07, 6.45) is 1.21. The van der Waals surface area contributed by atoms with Crippen molar-refractivity contribution in [3.63, 3.8) is 0 Å². The first-order valence-corrected chi connectivity index (χ1v) is 8.04. The molecule has 1 aliphatic heterocycles.